The Kier molecular flexibility index (Phi) is 5.17. The molecule has 0 radical (unpaired) electrons. The SMILES string of the molecule is Cc1cc(-c2cccn2/C=C\C(=O)OC(C)C)cc(C(F)(F)F)c1. The molecule has 0 unspecified atom stereocenters. The van der Waals surface area contributed by atoms with E-state index < -0.39 is 17.7 Å². The van der Waals surface area contributed by atoms with Gasteiger partial charge in [0.15, 0.2) is 0 Å². The van der Waals surface area contributed by atoms with E-state index in [2.05, 4.69) is 0 Å². The highest BCUT2D eigenvalue weighted by molar-refractivity contribution is 5.85. The van der Waals surface area contributed by atoms with Gasteiger partial charge in [-0.3, -0.25) is 0 Å². The second kappa shape index (κ2) is 6.95. The first kappa shape index (κ1) is 17.8. The zero-order valence-electron chi connectivity index (χ0n) is 13.6. The lowest BCUT2D eigenvalue weighted by atomic mass is 10.0. The lowest BCUT2D eigenvalue weighted by Gasteiger charge is -2.11. The second-order valence-electron chi connectivity index (χ2n) is 5.69. The van der Waals surface area contributed by atoms with Gasteiger partial charge in [0.05, 0.1) is 17.4 Å². The molecular formula is C18H18F3NO2. The highest BCUT2D eigenvalue weighted by Gasteiger charge is 2.31. The Morgan fingerprint density at radius 2 is 1.96 bits per heavy atom. The molecule has 0 saturated carbocycles. The van der Waals surface area contributed by atoms with Gasteiger partial charge in [-0.15, -0.1) is 0 Å². The highest BCUT2D eigenvalue weighted by atomic mass is 19.4. The number of carbonyl (C=O) groups excluding carboxylic acids is 1. The van der Waals surface area contributed by atoms with E-state index in [-0.39, 0.29) is 6.10 Å². The summed E-state index contributed by atoms with van der Waals surface area (Å²) < 4.78 is 45.5. The van der Waals surface area contributed by atoms with Gasteiger partial charge >= 0.3 is 12.1 Å². The van der Waals surface area contributed by atoms with E-state index in [0.29, 0.717) is 16.8 Å². The molecule has 24 heavy (non-hydrogen) atoms. The Labute approximate surface area is 138 Å². The van der Waals surface area contributed by atoms with Crippen LogP contribution in [-0.4, -0.2) is 16.6 Å². The normalized spacial score (nSPS) is 12.1. The first-order chi connectivity index (χ1) is 11.2. The van der Waals surface area contributed by atoms with Crippen molar-refractivity contribution >= 4 is 12.2 Å². The minimum absolute atomic E-state index is 0.239. The van der Waals surface area contributed by atoms with E-state index in [1.165, 1.54) is 12.3 Å². The fourth-order valence-corrected chi connectivity index (χ4v) is 2.28. The first-order valence-electron chi connectivity index (χ1n) is 7.42. The molecule has 0 spiro atoms. The zero-order valence-corrected chi connectivity index (χ0v) is 13.6. The highest BCUT2D eigenvalue weighted by Crippen LogP contribution is 2.33. The summed E-state index contributed by atoms with van der Waals surface area (Å²) in [5, 5.41) is 0. The number of carbonyl (C=O) groups is 1. The number of esters is 1. The number of nitrogens with zero attached hydrogens (tertiary/aromatic N) is 1. The van der Waals surface area contributed by atoms with E-state index in [4.69, 9.17) is 4.74 Å². The largest absolute Gasteiger partial charge is 0.460 e. The van der Waals surface area contributed by atoms with Crippen LogP contribution in [0.3, 0.4) is 0 Å². The first-order valence-corrected chi connectivity index (χ1v) is 7.42. The van der Waals surface area contributed by atoms with Crippen molar-refractivity contribution in [1.82, 2.24) is 4.57 Å². The molecule has 2 aromatic rings. The van der Waals surface area contributed by atoms with Crippen molar-refractivity contribution in [3.05, 3.63) is 53.7 Å². The van der Waals surface area contributed by atoms with Crippen LogP contribution in [0, 0.1) is 6.92 Å². The quantitative estimate of drug-likeness (QED) is 0.587. The molecule has 1 aromatic heterocycles. The van der Waals surface area contributed by atoms with Crippen LogP contribution in [0.25, 0.3) is 17.5 Å². The number of ether oxygens (including phenoxy) is 1. The maximum atomic E-state index is 13.0. The van der Waals surface area contributed by atoms with Crippen molar-refractivity contribution in [1.29, 1.82) is 0 Å². The number of halogens is 3. The molecule has 0 amide bonds. The van der Waals surface area contributed by atoms with Gasteiger partial charge in [-0.2, -0.15) is 13.2 Å². The molecule has 0 atom stereocenters. The Morgan fingerprint density at radius 3 is 2.58 bits per heavy atom. The summed E-state index contributed by atoms with van der Waals surface area (Å²) in [6, 6.07) is 7.25. The van der Waals surface area contributed by atoms with E-state index >= 15 is 0 Å². The zero-order chi connectivity index (χ0) is 17.9. The number of hydrogen-bond acceptors (Lipinski definition) is 2. The maximum absolute atomic E-state index is 13.0. The van der Waals surface area contributed by atoms with Crippen molar-refractivity contribution in [2.24, 2.45) is 0 Å². The summed E-state index contributed by atoms with van der Waals surface area (Å²) in [5.74, 6) is -0.509. The maximum Gasteiger partial charge on any atom is 0.416 e. The molecule has 0 bridgehead atoms. The Bertz CT molecular complexity index is 758. The third kappa shape index (κ3) is 4.50. The van der Waals surface area contributed by atoms with Crippen LogP contribution in [0.2, 0.25) is 0 Å². The van der Waals surface area contributed by atoms with Crippen molar-refractivity contribution in [3.8, 4) is 11.3 Å². The van der Waals surface area contributed by atoms with Crippen molar-refractivity contribution in [2.45, 2.75) is 33.1 Å². The molecule has 2 rings (SSSR count). The van der Waals surface area contributed by atoms with Gasteiger partial charge in [0.25, 0.3) is 0 Å². The Balaban J connectivity index is 2.35. The topological polar surface area (TPSA) is 31.2 Å². The van der Waals surface area contributed by atoms with Crippen LogP contribution in [0.1, 0.15) is 25.0 Å². The van der Waals surface area contributed by atoms with Gasteiger partial charge in [-0.1, -0.05) is 0 Å². The summed E-state index contributed by atoms with van der Waals surface area (Å²) in [4.78, 5) is 11.6. The van der Waals surface area contributed by atoms with Crippen LogP contribution >= 0.6 is 0 Å². The standard InChI is InChI=1S/C18H18F3NO2/c1-12(2)24-17(23)6-8-22-7-4-5-16(22)14-9-13(3)10-15(11-14)18(19,20)21/h4-12H,1-3H3/b8-6-. The summed E-state index contributed by atoms with van der Waals surface area (Å²) in [5.41, 5.74) is 0.788. The van der Waals surface area contributed by atoms with Crippen LogP contribution < -0.4 is 0 Å². The van der Waals surface area contributed by atoms with Crippen molar-refractivity contribution < 1.29 is 22.7 Å². The third-order valence-corrected chi connectivity index (χ3v) is 3.20. The predicted molar refractivity (Wildman–Crippen MR) is 86.2 cm³/mol. The molecule has 128 valence electrons. The molecule has 0 aliphatic heterocycles. The lowest BCUT2D eigenvalue weighted by Crippen LogP contribution is -2.08. The predicted octanol–water partition coefficient (Wildman–Crippen LogP) is 4.90. The molecule has 0 N–H and O–H groups in total. The van der Waals surface area contributed by atoms with Gasteiger partial charge in [0.1, 0.15) is 0 Å². The van der Waals surface area contributed by atoms with Gasteiger partial charge < -0.3 is 9.30 Å². The van der Waals surface area contributed by atoms with Crippen LogP contribution in [-0.2, 0) is 15.7 Å². The monoisotopic (exact) mass is 337 g/mol. The molecular weight excluding hydrogens is 319 g/mol. The van der Waals surface area contributed by atoms with Crippen LogP contribution in [0.5, 0.6) is 0 Å². The van der Waals surface area contributed by atoms with E-state index in [9.17, 15) is 18.0 Å². The fraction of sp³-hybridized carbons (Fsp3) is 0.278. The average Bonchev–Trinajstić information content (AvgIpc) is 2.91. The average molecular weight is 337 g/mol. The Morgan fingerprint density at radius 1 is 1.25 bits per heavy atom. The number of aromatic nitrogens is 1. The molecule has 3 nitrogen and oxygen atoms in total. The summed E-state index contributed by atoms with van der Waals surface area (Å²) in [6.45, 7) is 5.08. The van der Waals surface area contributed by atoms with Crippen LogP contribution in [0.4, 0.5) is 13.2 Å². The smallest absolute Gasteiger partial charge is 0.416 e. The van der Waals surface area contributed by atoms with Crippen LogP contribution in [0.15, 0.2) is 42.6 Å². The van der Waals surface area contributed by atoms with Gasteiger partial charge in [-0.25, -0.2) is 4.79 Å². The number of hydrogen-bond donors (Lipinski definition) is 0. The van der Waals surface area contributed by atoms with Gasteiger partial charge in [0.2, 0.25) is 0 Å². The Hall–Kier alpha value is -2.50. The number of rotatable bonds is 4. The van der Waals surface area contributed by atoms with Gasteiger partial charge in [0, 0.05) is 18.5 Å². The van der Waals surface area contributed by atoms with Crippen molar-refractivity contribution in [3.63, 3.8) is 0 Å². The summed E-state index contributed by atoms with van der Waals surface area (Å²) in [6.07, 6.45) is -0.281. The summed E-state index contributed by atoms with van der Waals surface area (Å²) in [7, 11) is 0. The second-order valence-corrected chi connectivity index (χ2v) is 5.69. The molecule has 0 aliphatic carbocycles. The van der Waals surface area contributed by atoms with E-state index in [1.807, 2.05) is 0 Å². The minimum atomic E-state index is -4.41. The lowest BCUT2D eigenvalue weighted by molar-refractivity contribution is -0.141. The molecule has 0 saturated heterocycles. The molecule has 1 aromatic carbocycles. The van der Waals surface area contributed by atoms with E-state index in [0.717, 1.165) is 12.1 Å². The van der Waals surface area contributed by atoms with Gasteiger partial charge in [-0.05, 0) is 62.2 Å². The number of alkyl halides is 3. The minimum Gasteiger partial charge on any atom is -0.460 e. The summed E-state index contributed by atoms with van der Waals surface area (Å²) >= 11 is 0. The molecule has 0 fully saturated rings. The molecule has 1 heterocycles. The number of aryl methyl sites for hydroxylation is 1. The molecule has 0 aliphatic rings. The van der Waals surface area contributed by atoms with Crippen molar-refractivity contribution in [2.75, 3.05) is 0 Å². The fourth-order valence-electron chi connectivity index (χ4n) is 2.28. The number of benzene rings is 1. The molecule has 6 heteroatoms. The third-order valence-electron chi connectivity index (χ3n) is 3.20. The van der Waals surface area contributed by atoms with E-state index in [1.54, 1.807) is 49.7 Å².